The standard InChI is InChI=1S/C18H18O4/c1-21-11-22-15-7-5-12(6-8-15)9-14-10-13-3-2-4-16(19)17(13)18(14)20/h2-8,14,19H,9-11H2,1H3. The molecule has 3 rings (SSSR count). The zero-order valence-electron chi connectivity index (χ0n) is 12.4. The Morgan fingerprint density at radius 2 is 1.95 bits per heavy atom. The number of hydrogen-bond acceptors (Lipinski definition) is 4. The second-order valence-electron chi connectivity index (χ2n) is 5.48. The van der Waals surface area contributed by atoms with Crippen LogP contribution in [-0.2, 0) is 17.6 Å². The maximum Gasteiger partial charge on any atom is 0.188 e. The molecule has 22 heavy (non-hydrogen) atoms. The maximum atomic E-state index is 12.4. The Hall–Kier alpha value is -2.33. The minimum absolute atomic E-state index is 0.0350. The molecule has 0 bridgehead atoms. The lowest BCUT2D eigenvalue weighted by atomic mass is 9.95. The molecule has 0 spiro atoms. The second kappa shape index (κ2) is 6.20. The zero-order valence-corrected chi connectivity index (χ0v) is 12.4. The molecule has 0 saturated carbocycles. The van der Waals surface area contributed by atoms with E-state index in [9.17, 15) is 9.90 Å². The van der Waals surface area contributed by atoms with Crippen molar-refractivity contribution in [3.8, 4) is 11.5 Å². The molecule has 1 aliphatic carbocycles. The number of phenols is 1. The quantitative estimate of drug-likeness (QED) is 0.862. The van der Waals surface area contributed by atoms with Gasteiger partial charge in [0, 0.05) is 13.0 Å². The fourth-order valence-corrected chi connectivity index (χ4v) is 2.90. The Labute approximate surface area is 129 Å². The van der Waals surface area contributed by atoms with E-state index in [1.165, 1.54) is 0 Å². The molecule has 2 aromatic carbocycles. The number of ether oxygens (including phenoxy) is 2. The van der Waals surface area contributed by atoms with Crippen molar-refractivity contribution in [3.63, 3.8) is 0 Å². The fourth-order valence-electron chi connectivity index (χ4n) is 2.90. The summed E-state index contributed by atoms with van der Waals surface area (Å²) in [5.41, 5.74) is 2.51. The summed E-state index contributed by atoms with van der Waals surface area (Å²) in [4.78, 5) is 12.4. The Balaban J connectivity index is 1.70. The Morgan fingerprint density at radius 3 is 2.64 bits per heavy atom. The molecular formula is C18H18O4. The Kier molecular flexibility index (Phi) is 4.11. The Bertz CT molecular complexity index is 676. The number of hydrogen-bond donors (Lipinski definition) is 1. The van der Waals surface area contributed by atoms with Crippen LogP contribution in [0.3, 0.4) is 0 Å². The summed E-state index contributed by atoms with van der Waals surface area (Å²) in [5, 5.41) is 9.86. The SMILES string of the molecule is COCOc1ccc(CC2Cc3cccc(O)c3C2=O)cc1. The van der Waals surface area contributed by atoms with Crippen molar-refractivity contribution in [2.75, 3.05) is 13.9 Å². The van der Waals surface area contributed by atoms with Crippen molar-refractivity contribution < 1.29 is 19.4 Å². The lowest BCUT2D eigenvalue weighted by Crippen LogP contribution is -2.12. The second-order valence-corrected chi connectivity index (χ2v) is 5.48. The first-order valence-electron chi connectivity index (χ1n) is 7.25. The van der Waals surface area contributed by atoms with Crippen molar-refractivity contribution >= 4 is 5.78 Å². The number of carbonyl (C=O) groups is 1. The predicted molar refractivity (Wildman–Crippen MR) is 82.3 cm³/mol. The highest BCUT2D eigenvalue weighted by Crippen LogP contribution is 2.34. The highest BCUT2D eigenvalue weighted by Gasteiger charge is 2.32. The van der Waals surface area contributed by atoms with Gasteiger partial charge in [-0.1, -0.05) is 24.3 Å². The van der Waals surface area contributed by atoms with Crippen LogP contribution in [0.5, 0.6) is 11.5 Å². The lowest BCUT2D eigenvalue weighted by molar-refractivity contribution is 0.0511. The number of Topliss-reactive ketones (excluding diaryl/α,β-unsaturated/α-hetero) is 1. The van der Waals surface area contributed by atoms with Gasteiger partial charge < -0.3 is 14.6 Å². The van der Waals surface area contributed by atoms with Gasteiger partial charge in [-0.2, -0.15) is 0 Å². The molecule has 1 unspecified atom stereocenters. The van der Waals surface area contributed by atoms with Crippen LogP contribution < -0.4 is 4.74 Å². The van der Waals surface area contributed by atoms with E-state index in [1.54, 1.807) is 19.2 Å². The van der Waals surface area contributed by atoms with Crippen LogP contribution in [0.2, 0.25) is 0 Å². The molecule has 4 heteroatoms. The van der Waals surface area contributed by atoms with Crippen molar-refractivity contribution in [2.24, 2.45) is 5.92 Å². The third kappa shape index (κ3) is 2.83. The number of aromatic hydroxyl groups is 1. The minimum Gasteiger partial charge on any atom is -0.507 e. The van der Waals surface area contributed by atoms with Crippen LogP contribution in [0.25, 0.3) is 0 Å². The molecule has 0 radical (unpaired) electrons. The monoisotopic (exact) mass is 298 g/mol. The molecule has 0 aliphatic heterocycles. The highest BCUT2D eigenvalue weighted by molar-refractivity contribution is 6.04. The molecule has 1 N–H and O–H groups in total. The van der Waals surface area contributed by atoms with E-state index in [1.807, 2.05) is 30.3 Å². The van der Waals surface area contributed by atoms with E-state index < -0.39 is 0 Å². The van der Waals surface area contributed by atoms with E-state index in [-0.39, 0.29) is 24.2 Å². The maximum absolute atomic E-state index is 12.4. The summed E-state index contributed by atoms with van der Waals surface area (Å²) in [6.07, 6.45) is 1.35. The van der Waals surface area contributed by atoms with Gasteiger partial charge in [0.2, 0.25) is 0 Å². The summed E-state index contributed by atoms with van der Waals surface area (Å²) in [7, 11) is 1.58. The van der Waals surface area contributed by atoms with Crippen LogP contribution in [-0.4, -0.2) is 24.8 Å². The number of methoxy groups -OCH3 is 1. The molecule has 0 fully saturated rings. The normalized spacial score (nSPS) is 16.6. The van der Waals surface area contributed by atoms with Gasteiger partial charge >= 0.3 is 0 Å². The molecule has 114 valence electrons. The number of rotatable bonds is 5. The molecular weight excluding hydrogens is 280 g/mol. The molecule has 0 saturated heterocycles. The minimum atomic E-state index is -0.103. The van der Waals surface area contributed by atoms with Gasteiger partial charge in [0.1, 0.15) is 11.5 Å². The van der Waals surface area contributed by atoms with E-state index in [0.29, 0.717) is 18.4 Å². The fraction of sp³-hybridized carbons (Fsp3) is 0.278. The number of carbonyl (C=O) groups excluding carboxylic acids is 1. The van der Waals surface area contributed by atoms with Gasteiger partial charge in [-0.25, -0.2) is 0 Å². The predicted octanol–water partition coefficient (Wildman–Crippen LogP) is 2.97. The van der Waals surface area contributed by atoms with E-state index in [2.05, 4.69) is 0 Å². The average molecular weight is 298 g/mol. The van der Waals surface area contributed by atoms with Gasteiger partial charge in [0.15, 0.2) is 12.6 Å². The lowest BCUT2D eigenvalue weighted by Gasteiger charge is -2.09. The first-order valence-corrected chi connectivity index (χ1v) is 7.25. The van der Waals surface area contributed by atoms with Gasteiger partial charge in [-0.3, -0.25) is 4.79 Å². The topological polar surface area (TPSA) is 55.8 Å². The molecule has 4 nitrogen and oxygen atoms in total. The van der Waals surface area contributed by atoms with E-state index in [0.717, 1.165) is 16.9 Å². The van der Waals surface area contributed by atoms with Crippen LogP contribution in [0.1, 0.15) is 21.5 Å². The van der Waals surface area contributed by atoms with Crippen molar-refractivity contribution in [3.05, 3.63) is 59.2 Å². The third-order valence-electron chi connectivity index (χ3n) is 3.96. The van der Waals surface area contributed by atoms with Gasteiger partial charge in [-0.15, -0.1) is 0 Å². The first-order chi connectivity index (χ1) is 10.7. The average Bonchev–Trinajstić information content (AvgIpc) is 2.84. The molecule has 0 amide bonds. The van der Waals surface area contributed by atoms with E-state index >= 15 is 0 Å². The van der Waals surface area contributed by atoms with Gasteiger partial charge in [0.05, 0.1) is 5.56 Å². The molecule has 1 aliphatic rings. The largest absolute Gasteiger partial charge is 0.507 e. The number of phenolic OH excluding ortho intramolecular Hbond substituents is 1. The molecule has 1 atom stereocenters. The zero-order chi connectivity index (χ0) is 15.5. The van der Waals surface area contributed by atoms with Crippen LogP contribution in [0.15, 0.2) is 42.5 Å². The van der Waals surface area contributed by atoms with Crippen molar-refractivity contribution in [1.29, 1.82) is 0 Å². The summed E-state index contributed by atoms with van der Waals surface area (Å²) >= 11 is 0. The van der Waals surface area contributed by atoms with E-state index in [4.69, 9.17) is 9.47 Å². The molecule has 0 heterocycles. The number of ketones is 1. The van der Waals surface area contributed by atoms with Gasteiger partial charge in [0.25, 0.3) is 0 Å². The molecule has 2 aromatic rings. The third-order valence-corrected chi connectivity index (χ3v) is 3.96. The first kappa shape index (κ1) is 14.6. The van der Waals surface area contributed by atoms with Crippen molar-refractivity contribution in [1.82, 2.24) is 0 Å². The summed E-state index contributed by atoms with van der Waals surface area (Å²) in [6, 6.07) is 12.9. The number of benzene rings is 2. The summed E-state index contributed by atoms with van der Waals surface area (Å²) in [5.74, 6) is 0.763. The highest BCUT2D eigenvalue weighted by atomic mass is 16.7. The molecule has 0 aromatic heterocycles. The smallest absolute Gasteiger partial charge is 0.188 e. The van der Waals surface area contributed by atoms with Crippen LogP contribution >= 0.6 is 0 Å². The van der Waals surface area contributed by atoms with Crippen LogP contribution in [0.4, 0.5) is 0 Å². The Morgan fingerprint density at radius 1 is 1.18 bits per heavy atom. The van der Waals surface area contributed by atoms with Crippen molar-refractivity contribution in [2.45, 2.75) is 12.8 Å². The van der Waals surface area contributed by atoms with Crippen LogP contribution in [0, 0.1) is 5.92 Å². The summed E-state index contributed by atoms with van der Waals surface area (Å²) < 4.78 is 10.2. The van der Waals surface area contributed by atoms with Gasteiger partial charge in [-0.05, 0) is 42.2 Å². The summed E-state index contributed by atoms with van der Waals surface area (Å²) in [6.45, 7) is 0.217. The number of fused-ring (bicyclic) bond motifs is 1.